The molecule has 2 aliphatic heterocycles. The molecule has 2 heterocycles. The van der Waals surface area contributed by atoms with Gasteiger partial charge in [-0.1, -0.05) is 18.5 Å². The number of hydrogen-bond acceptors (Lipinski definition) is 8. The van der Waals surface area contributed by atoms with Crippen molar-refractivity contribution in [1.29, 1.82) is 0 Å². The number of hydrogen-bond donors (Lipinski definition) is 2. The largest absolute Gasteiger partial charge is 0.457 e. The minimum absolute atomic E-state index is 0.0704. The second kappa shape index (κ2) is 10.7. The summed E-state index contributed by atoms with van der Waals surface area (Å²) in [6.07, 6.45) is 1.00. The summed E-state index contributed by atoms with van der Waals surface area (Å²) in [5, 5.41) is 6.11. The maximum absolute atomic E-state index is 12.9. The number of nitrogens with one attached hydrogen (secondary N) is 2. The number of nitrogens with zero attached hydrogens (tertiary/aromatic N) is 4. The highest BCUT2D eigenvalue weighted by molar-refractivity contribution is 7.87. The molecule has 0 bridgehead atoms. The van der Waals surface area contributed by atoms with Gasteiger partial charge in [-0.2, -0.15) is 12.7 Å². The quantitative estimate of drug-likeness (QED) is 0.200. The number of carbonyl (C=O) groups is 2. The molecule has 0 aromatic carbocycles. The minimum atomic E-state index is -4.23. The Hall–Kier alpha value is -2.06. The molecule has 0 unspecified atom stereocenters. The lowest BCUT2D eigenvalue weighted by Crippen LogP contribution is -2.47. The zero-order valence-corrected chi connectivity index (χ0v) is 23.3. The van der Waals surface area contributed by atoms with E-state index in [1.54, 1.807) is 27.7 Å². The Kier molecular flexibility index (Phi) is 9.00. The highest BCUT2D eigenvalue weighted by Crippen LogP contribution is 2.40. The molecule has 0 aromatic heterocycles. The van der Waals surface area contributed by atoms with Crippen molar-refractivity contribution in [3.8, 4) is 0 Å². The molecule has 2 amide bonds. The number of azide groups is 1. The summed E-state index contributed by atoms with van der Waals surface area (Å²) >= 11 is 0. The van der Waals surface area contributed by atoms with Crippen LogP contribution in [-0.4, -0.2) is 73.8 Å². The van der Waals surface area contributed by atoms with Crippen LogP contribution in [0.1, 0.15) is 68.2 Å². The summed E-state index contributed by atoms with van der Waals surface area (Å²) < 4.78 is 45.8. The van der Waals surface area contributed by atoms with Crippen LogP contribution in [0.15, 0.2) is 5.11 Å². The first kappa shape index (κ1) is 30.2. The summed E-state index contributed by atoms with van der Waals surface area (Å²) in [6, 6.07) is 0. The van der Waals surface area contributed by atoms with Gasteiger partial charge >= 0.3 is 23.4 Å². The molecule has 2 aliphatic rings. The summed E-state index contributed by atoms with van der Waals surface area (Å²) in [5.41, 5.74) is 6.46. The number of alkyl carbamates (subject to hydrolysis) is 1. The molecule has 0 spiro atoms. The maximum Gasteiger partial charge on any atom is 0.457 e. The van der Waals surface area contributed by atoms with E-state index in [1.807, 2.05) is 32.4 Å². The number of rotatable bonds is 9. The first-order valence-electron chi connectivity index (χ1n) is 12.0. The van der Waals surface area contributed by atoms with Crippen LogP contribution in [0.3, 0.4) is 0 Å². The second-order valence-corrected chi connectivity index (χ2v) is 13.2. The van der Waals surface area contributed by atoms with E-state index >= 15 is 0 Å². The minimum Gasteiger partial charge on any atom is -0.444 e. The topological polar surface area (TPSA) is 172 Å². The zero-order valence-electron chi connectivity index (χ0n) is 22.5. The van der Waals surface area contributed by atoms with Crippen LogP contribution in [0.5, 0.6) is 0 Å². The third-order valence-corrected chi connectivity index (χ3v) is 8.19. The molecule has 15 heteroatoms. The summed E-state index contributed by atoms with van der Waals surface area (Å²) in [5.74, 6) is -1.20. The maximum atomic E-state index is 12.9. The lowest BCUT2D eigenvalue weighted by molar-refractivity contribution is -0.118. The van der Waals surface area contributed by atoms with Gasteiger partial charge in [0.25, 0.3) is 5.91 Å². The molecule has 2 rings (SSSR count). The molecule has 0 radical (unpaired) electrons. The van der Waals surface area contributed by atoms with E-state index in [1.165, 1.54) is 0 Å². The smallest absolute Gasteiger partial charge is 0.444 e. The standard InChI is InChI=1S/C21H39BN6O7S/c1-18(2,3)33-17(30)24-12-16(29)25-36(31,32)28-13-15(21(8,14-28)26-27-23)10-9-11-22-34-19(4,5)20(6,7)35-22/h15H,9-14H2,1-8H3,(H,24,30)(H,25,29)/t15-,21-/m0/s1. The molecule has 0 saturated carbocycles. The van der Waals surface area contributed by atoms with E-state index in [0.717, 1.165) is 4.31 Å². The van der Waals surface area contributed by atoms with Crippen LogP contribution in [0.25, 0.3) is 10.4 Å². The van der Waals surface area contributed by atoms with Crippen LogP contribution >= 0.6 is 0 Å². The lowest BCUT2D eigenvalue weighted by Gasteiger charge is -2.32. The van der Waals surface area contributed by atoms with Gasteiger partial charge in [0.2, 0.25) is 0 Å². The molecule has 13 nitrogen and oxygen atoms in total. The van der Waals surface area contributed by atoms with Crippen molar-refractivity contribution in [3.63, 3.8) is 0 Å². The van der Waals surface area contributed by atoms with E-state index in [0.29, 0.717) is 19.2 Å². The molecular formula is C21H39BN6O7S. The predicted octanol–water partition coefficient (Wildman–Crippen LogP) is 2.75. The van der Waals surface area contributed by atoms with Crippen LogP contribution in [-0.2, 0) is 29.0 Å². The van der Waals surface area contributed by atoms with Gasteiger partial charge in [-0.05, 0) is 72.7 Å². The van der Waals surface area contributed by atoms with Crippen molar-refractivity contribution in [3.05, 3.63) is 10.4 Å². The van der Waals surface area contributed by atoms with Crippen molar-refractivity contribution < 1.29 is 32.1 Å². The van der Waals surface area contributed by atoms with Crippen LogP contribution in [0.4, 0.5) is 4.79 Å². The normalized spacial score (nSPS) is 25.8. The fourth-order valence-corrected chi connectivity index (χ4v) is 5.42. The van der Waals surface area contributed by atoms with Gasteiger partial charge in [0.05, 0.1) is 16.7 Å². The van der Waals surface area contributed by atoms with Gasteiger partial charge in [0.15, 0.2) is 0 Å². The Balaban J connectivity index is 1.95. The van der Waals surface area contributed by atoms with Gasteiger partial charge in [-0.3, -0.25) is 4.79 Å². The highest BCUT2D eigenvalue weighted by Gasteiger charge is 2.51. The molecule has 2 N–H and O–H groups in total. The predicted molar refractivity (Wildman–Crippen MR) is 134 cm³/mol. The average Bonchev–Trinajstić information content (AvgIpc) is 3.11. The van der Waals surface area contributed by atoms with Gasteiger partial charge in [-0.15, -0.1) is 0 Å². The van der Waals surface area contributed by atoms with Crippen molar-refractivity contribution in [1.82, 2.24) is 14.3 Å². The van der Waals surface area contributed by atoms with Crippen molar-refractivity contribution in [2.45, 2.75) is 96.9 Å². The van der Waals surface area contributed by atoms with Crippen LogP contribution in [0, 0.1) is 5.92 Å². The van der Waals surface area contributed by atoms with Crippen molar-refractivity contribution in [2.24, 2.45) is 11.0 Å². The summed E-state index contributed by atoms with van der Waals surface area (Å²) in [6.45, 7) is 14.0. The molecule has 0 aliphatic carbocycles. The molecule has 2 saturated heterocycles. The lowest BCUT2D eigenvalue weighted by atomic mass is 9.78. The summed E-state index contributed by atoms with van der Waals surface area (Å²) in [7, 11) is -4.60. The molecule has 2 atom stereocenters. The number of ether oxygens (including phenoxy) is 1. The first-order valence-corrected chi connectivity index (χ1v) is 13.4. The first-order chi connectivity index (χ1) is 16.3. The third-order valence-electron chi connectivity index (χ3n) is 6.74. The van der Waals surface area contributed by atoms with E-state index < -0.39 is 51.1 Å². The highest BCUT2D eigenvalue weighted by atomic mass is 32.2. The van der Waals surface area contributed by atoms with Gasteiger partial charge in [0, 0.05) is 18.0 Å². The third kappa shape index (κ3) is 7.72. The van der Waals surface area contributed by atoms with Crippen molar-refractivity contribution in [2.75, 3.05) is 19.6 Å². The van der Waals surface area contributed by atoms with E-state index in [4.69, 9.17) is 19.6 Å². The molecule has 204 valence electrons. The summed E-state index contributed by atoms with van der Waals surface area (Å²) in [4.78, 5) is 26.8. The van der Waals surface area contributed by atoms with Crippen molar-refractivity contribution >= 4 is 29.3 Å². The monoisotopic (exact) mass is 530 g/mol. The number of amides is 2. The molecule has 0 aromatic rings. The fraction of sp³-hybridized carbons (Fsp3) is 0.905. The number of carbonyl (C=O) groups excluding carboxylic acids is 2. The van der Waals surface area contributed by atoms with E-state index in [2.05, 4.69) is 15.3 Å². The Morgan fingerprint density at radius 3 is 2.31 bits per heavy atom. The Morgan fingerprint density at radius 1 is 1.19 bits per heavy atom. The average molecular weight is 530 g/mol. The molecule has 36 heavy (non-hydrogen) atoms. The van der Waals surface area contributed by atoms with Gasteiger partial charge < -0.3 is 19.4 Å². The zero-order chi connectivity index (χ0) is 27.6. The SMILES string of the molecule is CC(C)(C)OC(=O)NCC(=O)NS(=O)(=O)N1C[C@H](CCCB2OC(C)(C)C(C)(C)O2)[C@@](C)(N=[N+]=[N-])C1. The van der Waals surface area contributed by atoms with E-state index in [9.17, 15) is 18.0 Å². The molecule has 2 fully saturated rings. The van der Waals surface area contributed by atoms with Gasteiger partial charge in [-0.25, -0.2) is 9.52 Å². The Labute approximate surface area is 213 Å². The fourth-order valence-electron chi connectivity index (χ4n) is 4.12. The van der Waals surface area contributed by atoms with Crippen LogP contribution in [0.2, 0.25) is 6.32 Å². The molecular weight excluding hydrogens is 491 g/mol. The van der Waals surface area contributed by atoms with Crippen LogP contribution < -0.4 is 10.0 Å². The van der Waals surface area contributed by atoms with E-state index in [-0.39, 0.29) is 26.1 Å². The Bertz CT molecular complexity index is 977. The Morgan fingerprint density at radius 2 is 1.78 bits per heavy atom. The van der Waals surface area contributed by atoms with Gasteiger partial charge in [0.1, 0.15) is 12.1 Å². The second-order valence-electron chi connectivity index (χ2n) is 11.5.